The summed E-state index contributed by atoms with van der Waals surface area (Å²) in [4.78, 5) is 73.1. The van der Waals surface area contributed by atoms with Crippen LogP contribution in [0.1, 0.15) is 93.4 Å². The number of hydrogen-bond acceptors (Lipinski definition) is 7. The Morgan fingerprint density at radius 3 is 1.60 bits per heavy atom. The van der Waals surface area contributed by atoms with Gasteiger partial charge in [0.1, 0.15) is 17.2 Å². The first-order valence-corrected chi connectivity index (χ1v) is 12.2. The van der Waals surface area contributed by atoms with E-state index in [1.807, 2.05) is 27.7 Å². The molecule has 0 spiro atoms. The van der Waals surface area contributed by atoms with Crippen LogP contribution in [-0.2, 0) is 33.5 Å². The highest BCUT2D eigenvalue weighted by Crippen LogP contribution is 2.27. The number of ether oxygens (including phenoxy) is 1. The molecule has 0 amide bonds. The second-order valence-electron chi connectivity index (χ2n) is 11.1. The van der Waals surface area contributed by atoms with Gasteiger partial charge in [-0.25, -0.2) is 4.79 Å². The molecular weight excluding hydrogens is 456 g/mol. The van der Waals surface area contributed by atoms with Crippen molar-refractivity contribution in [2.24, 2.45) is 29.6 Å². The second kappa shape index (κ2) is 14.7. The minimum Gasteiger partial charge on any atom is -0.481 e. The van der Waals surface area contributed by atoms with Crippen LogP contribution in [0.4, 0.5) is 0 Å². The molecule has 0 aromatic rings. The highest BCUT2D eigenvalue weighted by molar-refractivity contribution is 6.33. The number of carbonyl (C=O) groups excluding carboxylic acids is 4. The van der Waals surface area contributed by atoms with Gasteiger partial charge in [0, 0.05) is 37.0 Å². The number of ketones is 3. The van der Waals surface area contributed by atoms with Crippen LogP contribution in [0.5, 0.6) is 0 Å². The van der Waals surface area contributed by atoms with E-state index in [-0.39, 0.29) is 56.1 Å². The van der Waals surface area contributed by atoms with Crippen LogP contribution < -0.4 is 0 Å². The summed E-state index contributed by atoms with van der Waals surface area (Å²) in [5.74, 6) is -7.76. The van der Waals surface area contributed by atoms with Crippen LogP contribution in [0, 0.1) is 29.6 Å². The largest absolute Gasteiger partial charge is 0.481 e. The molecule has 3 unspecified atom stereocenters. The molecule has 2 N–H and O–H groups in total. The molecule has 0 radical (unpaired) electrons. The third-order valence-corrected chi connectivity index (χ3v) is 5.44. The van der Waals surface area contributed by atoms with E-state index in [4.69, 9.17) is 14.9 Å². The standard InChI is InChI=1S/C26H42O9/c1-15(2)10-18(21(28)13-19(11-16(3)4)24(32)25(33)34)12-20(27)17(8-9-22(29)30)14-23(31)35-26(5,6)7/h15-19H,8-14H2,1-7H3,(H,29,30)(H,33,34). The highest BCUT2D eigenvalue weighted by Gasteiger charge is 2.34. The Labute approximate surface area is 208 Å². The van der Waals surface area contributed by atoms with Crippen molar-refractivity contribution in [3.05, 3.63) is 0 Å². The van der Waals surface area contributed by atoms with E-state index >= 15 is 0 Å². The molecule has 0 rings (SSSR count). The lowest BCUT2D eigenvalue weighted by Crippen LogP contribution is -2.32. The van der Waals surface area contributed by atoms with Gasteiger partial charge in [-0.3, -0.25) is 24.0 Å². The smallest absolute Gasteiger partial charge is 0.372 e. The average Bonchev–Trinajstić information content (AvgIpc) is 2.66. The fraction of sp³-hybridized carbons (Fsp3) is 0.769. The van der Waals surface area contributed by atoms with Gasteiger partial charge in [-0.05, 0) is 51.9 Å². The van der Waals surface area contributed by atoms with Gasteiger partial charge >= 0.3 is 17.9 Å². The molecule has 9 heteroatoms. The topological polar surface area (TPSA) is 152 Å². The van der Waals surface area contributed by atoms with Gasteiger partial charge in [0.25, 0.3) is 0 Å². The monoisotopic (exact) mass is 498 g/mol. The Bertz CT molecular complexity index is 774. The van der Waals surface area contributed by atoms with Gasteiger partial charge in [-0.1, -0.05) is 27.7 Å². The minimum absolute atomic E-state index is 0.00416. The molecule has 0 saturated carbocycles. The first-order chi connectivity index (χ1) is 15.9. The lowest BCUT2D eigenvalue weighted by Gasteiger charge is -2.24. The summed E-state index contributed by atoms with van der Waals surface area (Å²) in [5, 5.41) is 18.2. The fourth-order valence-corrected chi connectivity index (χ4v) is 4.00. The summed E-state index contributed by atoms with van der Waals surface area (Å²) < 4.78 is 5.28. The SMILES string of the molecule is CC(C)CC(CC(=O)C(CCC(=O)O)CC(=O)OC(C)(C)C)C(=O)CC(CC(C)C)C(=O)C(=O)O. The Morgan fingerprint density at radius 1 is 0.714 bits per heavy atom. The maximum absolute atomic E-state index is 13.1. The predicted octanol–water partition coefficient (Wildman–Crippen LogP) is 4.10. The molecular formula is C26H42O9. The molecule has 9 nitrogen and oxygen atoms in total. The molecule has 35 heavy (non-hydrogen) atoms. The predicted molar refractivity (Wildman–Crippen MR) is 129 cm³/mol. The number of carboxylic acid groups (broad SMARTS) is 2. The van der Waals surface area contributed by atoms with Gasteiger partial charge in [0.05, 0.1) is 6.42 Å². The van der Waals surface area contributed by atoms with Crippen molar-refractivity contribution in [1.29, 1.82) is 0 Å². The number of rotatable bonds is 17. The first kappa shape index (κ1) is 32.4. The lowest BCUT2D eigenvalue weighted by molar-refractivity contribution is -0.157. The Hall–Kier alpha value is -2.58. The molecule has 0 fully saturated rings. The summed E-state index contributed by atoms with van der Waals surface area (Å²) in [6, 6.07) is 0. The van der Waals surface area contributed by atoms with E-state index < -0.39 is 52.8 Å². The van der Waals surface area contributed by atoms with Crippen LogP contribution >= 0.6 is 0 Å². The van der Waals surface area contributed by atoms with Crippen LogP contribution in [0.2, 0.25) is 0 Å². The van der Waals surface area contributed by atoms with Gasteiger partial charge in [0.2, 0.25) is 5.78 Å². The highest BCUT2D eigenvalue weighted by atomic mass is 16.6. The molecule has 0 aliphatic carbocycles. The van der Waals surface area contributed by atoms with Crippen molar-refractivity contribution in [3.63, 3.8) is 0 Å². The van der Waals surface area contributed by atoms with Gasteiger partial charge in [0.15, 0.2) is 0 Å². The second-order valence-corrected chi connectivity index (χ2v) is 11.1. The minimum atomic E-state index is -1.59. The summed E-state index contributed by atoms with van der Waals surface area (Å²) in [6.07, 6.45) is -0.578. The lowest BCUT2D eigenvalue weighted by atomic mass is 9.79. The van der Waals surface area contributed by atoms with Crippen LogP contribution in [0.15, 0.2) is 0 Å². The van der Waals surface area contributed by atoms with E-state index in [0.717, 1.165) is 0 Å². The zero-order valence-corrected chi connectivity index (χ0v) is 22.1. The van der Waals surface area contributed by atoms with E-state index in [9.17, 15) is 28.8 Å². The van der Waals surface area contributed by atoms with Gasteiger partial charge in [-0.2, -0.15) is 0 Å². The Balaban J connectivity index is 5.69. The maximum Gasteiger partial charge on any atom is 0.372 e. The summed E-state index contributed by atoms with van der Waals surface area (Å²) >= 11 is 0. The molecule has 0 heterocycles. The van der Waals surface area contributed by atoms with E-state index in [0.29, 0.717) is 6.42 Å². The molecule has 200 valence electrons. The number of hydrogen-bond donors (Lipinski definition) is 2. The summed E-state index contributed by atoms with van der Waals surface area (Å²) in [5.41, 5.74) is -0.768. The zero-order chi connectivity index (χ0) is 27.5. The molecule has 0 bridgehead atoms. The Morgan fingerprint density at radius 2 is 1.17 bits per heavy atom. The van der Waals surface area contributed by atoms with Crippen molar-refractivity contribution in [3.8, 4) is 0 Å². The van der Waals surface area contributed by atoms with Gasteiger partial charge < -0.3 is 14.9 Å². The van der Waals surface area contributed by atoms with Gasteiger partial charge in [-0.15, -0.1) is 0 Å². The van der Waals surface area contributed by atoms with Crippen LogP contribution in [-0.4, -0.2) is 51.1 Å². The molecule has 0 aliphatic heterocycles. The van der Waals surface area contributed by atoms with Crippen molar-refractivity contribution in [2.75, 3.05) is 0 Å². The normalized spacial score (nSPS) is 14.3. The fourth-order valence-electron chi connectivity index (χ4n) is 4.00. The average molecular weight is 499 g/mol. The van der Waals surface area contributed by atoms with Crippen LogP contribution in [0.3, 0.4) is 0 Å². The van der Waals surface area contributed by atoms with Crippen molar-refractivity contribution >= 4 is 35.3 Å². The maximum atomic E-state index is 13.1. The molecule has 0 aromatic heterocycles. The van der Waals surface area contributed by atoms with Crippen molar-refractivity contribution in [1.82, 2.24) is 0 Å². The van der Waals surface area contributed by atoms with Crippen LogP contribution in [0.25, 0.3) is 0 Å². The third kappa shape index (κ3) is 14.4. The molecule has 3 atom stereocenters. The Kier molecular flexibility index (Phi) is 13.6. The zero-order valence-electron chi connectivity index (χ0n) is 22.1. The number of aliphatic carboxylic acids is 2. The molecule has 0 saturated heterocycles. The molecule has 0 aromatic carbocycles. The van der Waals surface area contributed by atoms with Crippen molar-refractivity contribution < 1.29 is 43.7 Å². The van der Waals surface area contributed by atoms with E-state index in [1.165, 1.54) is 0 Å². The third-order valence-electron chi connectivity index (χ3n) is 5.44. The summed E-state index contributed by atoms with van der Waals surface area (Å²) in [7, 11) is 0. The van der Waals surface area contributed by atoms with E-state index in [1.54, 1.807) is 20.8 Å². The number of esters is 1. The number of carboxylic acids is 2. The van der Waals surface area contributed by atoms with E-state index in [2.05, 4.69) is 0 Å². The number of Topliss-reactive ketones (excluding diaryl/α,β-unsaturated/α-hetero) is 3. The quantitative estimate of drug-likeness (QED) is 0.223. The number of carbonyl (C=O) groups is 6. The first-order valence-electron chi connectivity index (χ1n) is 12.2. The van der Waals surface area contributed by atoms with Crippen molar-refractivity contribution in [2.45, 2.75) is 99.0 Å². The summed E-state index contributed by atoms with van der Waals surface area (Å²) in [6.45, 7) is 12.5. The molecule has 0 aliphatic rings.